The van der Waals surface area contributed by atoms with E-state index in [4.69, 9.17) is 5.73 Å². The van der Waals surface area contributed by atoms with E-state index in [-0.39, 0.29) is 12.1 Å². The minimum absolute atomic E-state index is 0.0154. The molecule has 2 nitrogen and oxygen atoms in total. The number of nitrogens with two attached hydrogens (primary N) is 1. The third-order valence-corrected chi connectivity index (χ3v) is 3.11. The monoisotopic (exact) mass is 224 g/mol. The van der Waals surface area contributed by atoms with E-state index in [0.717, 1.165) is 25.7 Å². The summed E-state index contributed by atoms with van der Waals surface area (Å²) in [7, 11) is 0. The Morgan fingerprint density at radius 2 is 1.80 bits per heavy atom. The molecule has 0 aromatic heterocycles. The van der Waals surface area contributed by atoms with Crippen molar-refractivity contribution < 1.29 is 13.2 Å². The van der Waals surface area contributed by atoms with Crippen LogP contribution in [0, 0.1) is 5.92 Å². The first kappa shape index (κ1) is 12.8. The first-order chi connectivity index (χ1) is 6.88. The molecule has 0 radical (unpaired) electrons. The molecule has 1 aliphatic carbocycles. The van der Waals surface area contributed by atoms with E-state index in [9.17, 15) is 13.2 Å². The molecule has 0 unspecified atom stereocenters. The summed E-state index contributed by atoms with van der Waals surface area (Å²) in [5.41, 5.74) is 5.76. The second-order valence-electron chi connectivity index (χ2n) is 4.47. The van der Waals surface area contributed by atoms with Gasteiger partial charge in [0.05, 0.1) is 6.54 Å². The Hall–Kier alpha value is -0.290. The maximum absolute atomic E-state index is 11.9. The van der Waals surface area contributed by atoms with Gasteiger partial charge < -0.3 is 11.1 Å². The van der Waals surface area contributed by atoms with Crippen LogP contribution in [-0.2, 0) is 0 Å². The van der Waals surface area contributed by atoms with Crippen molar-refractivity contribution in [3.05, 3.63) is 0 Å². The van der Waals surface area contributed by atoms with Crippen LogP contribution in [0.15, 0.2) is 0 Å². The van der Waals surface area contributed by atoms with E-state index in [0.29, 0.717) is 5.92 Å². The Labute approximate surface area is 88.4 Å². The van der Waals surface area contributed by atoms with Crippen molar-refractivity contribution in [3.8, 4) is 0 Å². The van der Waals surface area contributed by atoms with Gasteiger partial charge in [0.25, 0.3) is 0 Å². The summed E-state index contributed by atoms with van der Waals surface area (Å²) in [4.78, 5) is 0. The van der Waals surface area contributed by atoms with Crippen molar-refractivity contribution >= 4 is 0 Å². The van der Waals surface area contributed by atoms with Crippen LogP contribution in [-0.4, -0.2) is 24.8 Å². The lowest BCUT2D eigenvalue weighted by atomic mass is 9.82. The highest BCUT2D eigenvalue weighted by Crippen LogP contribution is 2.26. The van der Waals surface area contributed by atoms with Crippen molar-refractivity contribution in [3.63, 3.8) is 0 Å². The molecule has 0 spiro atoms. The zero-order chi connectivity index (χ0) is 11.5. The molecule has 3 N–H and O–H groups in total. The highest BCUT2D eigenvalue weighted by Gasteiger charge is 2.30. The molecular weight excluding hydrogens is 205 g/mol. The van der Waals surface area contributed by atoms with Gasteiger partial charge in [-0.1, -0.05) is 0 Å². The Balaban J connectivity index is 2.20. The van der Waals surface area contributed by atoms with Gasteiger partial charge in [-0.15, -0.1) is 0 Å². The maximum atomic E-state index is 11.9. The number of nitrogens with one attached hydrogen (secondary N) is 1. The standard InChI is InChI=1S/C10H19F3N2/c1-7(14)8-2-4-9(5-3-8)15-6-10(11,12)13/h7-9,15H,2-6,14H2,1H3/t7-,8?,9?/m0/s1. The number of alkyl halides is 3. The Morgan fingerprint density at radius 3 is 2.20 bits per heavy atom. The molecule has 1 saturated carbocycles. The number of halogens is 3. The van der Waals surface area contributed by atoms with Gasteiger partial charge in [0.15, 0.2) is 0 Å². The fraction of sp³-hybridized carbons (Fsp3) is 1.00. The molecule has 0 aliphatic heterocycles. The lowest BCUT2D eigenvalue weighted by molar-refractivity contribution is -0.126. The minimum atomic E-state index is -4.10. The molecule has 1 aliphatic rings. The van der Waals surface area contributed by atoms with E-state index in [1.54, 1.807) is 0 Å². The second-order valence-corrected chi connectivity index (χ2v) is 4.47. The summed E-state index contributed by atoms with van der Waals surface area (Å²) in [6.07, 6.45) is -0.608. The SMILES string of the molecule is C[C@H](N)C1CCC(NCC(F)(F)F)CC1. The van der Waals surface area contributed by atoms with Gasteiger partial charge in [-0.3, -0.25) is 0 Å². The molecule has 1 fully saturated rings. The first-order valence-corrected chi connectivity index (χ1v) is 5.44. The van der Waals surface area contributed by atoms with Gasteiger partial charge in [-0.2, -0.15) is 13.2 Å². The molecule has 0 aromatic carbocycles. The molecule has 0 aromatic rings. The topological polar surface area (TPSA) is 38.0 Å². The van der Waals surface area contributed by atoms with Crippen molar-refractivity contribution in [1.29, 1.82) is 0 Å². The highest BCUT2D eigenvalue weighted by molar-refractivity contribution is 4.81. The van der Waals surface area contributed by atoms with Crippen LogP contribution < -0.4 is 11.1 Å². The molecule has 0 bridgehead atoms. The van der Waals surface area contributed by atoms with Crippen LogP contribution in [0.25, 0.3) is 0 Å². The van der Waals surface area contributed by atoms with Crippen LogP contribution in [0.1, 0.15) is 32.6 Å². The van der Waals surface area contributed by atoms with E-state index in [1.165, 1.54) is 0 Å². The van der Waals surface area contributed by atoms with Crippen molar-refractivity contribution in [2.75, 3.05) is 6.54 Å². The zero-order valence-corrected chi connectivity index (χ0v) is 8.98. The summed E-state index contributed by atoms with van der Waals surface area (Å²) in [5, 5.41) is 2.56. The molecule has 15 heavy (non-hydrogen) atoms. The second kappa shape index (κ2) is 5.16. The largest absolute Gasteiger partial charge is 0.401 e. The van der Waals surface area contributed by atoms with Crippen LogP contribution >= 0.6 is 0 Å². The summed E-state index contributed by atoms with van der Waals surface area (Å²) in [6.45, 7) is 1.09. The summed E-state index contributed by atoms with van der Waals surface area (Å²) in [5.74, 6) is 0.480. The van der Waals surface area contributed by atoms with Gasteiger partial charge in [-0.25, -0.2) is 0 Å². The van der Waals surface area contributed by atoms with E-state index in [1.807, 2.05) is 6.92 Å². The van der Waals surface area contributed by atoms with Crippen LogP contribution in [0.4, 0.5) is 13.2 Å². The van der Waals surface area contributed by atoms with Gasteiger partial charge in [0, 0.05) is 12.1 Å². The van der Waals surface area contributed by atoms with Crippen LogP contribution in [0.5, 0.6) is 0 Å². The Morgan fingerprint density at radius 1 is 1.27 bits per heavy atom. The normalized spacial score (nSPS) is 30.2. The van der Waals surface area contributed by atoms with E-state index >= 15 is 0 Å². The minimum Gasteiger partial charge on any atom is -0.328 e. The smallest absolute Gasteiger partial charge is 0.328 e. The Bertz CT molecular complexity index is 184. The summed E-state index contributed by atoms with van der Waals surface area (Å²) in [6, 6.07) is 0.176. The average Bonchev–Trinajstić information content (AvgIpc) is 2.14. The molecule has 0 saturated heterocycles. The first-order valence-electron chi connectivity index (χ1n) is 5.44. The zero-order valence-electron chi connectivity index (χ0n) is 8.98. The van der Waals surface area contributed by atoms with Crippen LogP contribution in [0.2, 0.25) is 0 Å². The number of hydrogen-bond acceptors (Lipinski definition) is 2. The molecular formula is C10H19F3N2. The lowest BCUT2D eigenvalue weighted by Crippen LogP contribution is -2.41. The van der Waals surface area contributed by atoms with Gasteiger partial charge in [-0.05, 0) is 38.5 Å². The van der Waals surface area contributed by atoms with Gasteiger partial charge in [0.2, 0.25) is 0 Å². The van der Waals surface area contributed by atoms with E-state index < -0.39 is 12.7 Å². The Kier molecular flexibility index (Phi) is 4.40. The molecule has 90 valence electrons. The molecule has 0 heterocycles. The molecule has 0 amide bonds. The van der Waals surface area contributed by atoms with Gasteiger partial charge >= 0.3 is 6.18 Å². The quantitative estimate of drug-likeness (QED) is 0.770. The van der Waals surface area contributed by atoms with Crippen molar-refractivity contribution in [1.82, 2.24) is 5.32 Å². The van der Waals surface area contributed by atoms with Crippen LogP contribution in [0.3, 0.4) is 0 Å². The predicted octanol–water partition coefficient (Wildman–Crippen LogP) is 2.04. The molecule has 1 atom stereocenters. The fourth-order valence-electron chi connectivity index (χ4n) is 2.11. The predicted molar refractivity (Wildman–Crippen MR) is 53.5 cm³/mol. The number of hydrogen-bond donors (Lipinski definition) is 2. The fourth-order valence-corrected chi connectivity index (χ4v) is 2.11. The lowest BCUT2D eigenvalue weighted by Gasteiger charge is -2.31. The third-order valence-electron chi connectivity index (χ3n) is 3.11. The average molecular weight is 224 g/mol. The molecule has 1 rings (SSSR count). The number of rotatable bonds is 3. The van der Waals surface area contributed by atoms with Gasteiger partial charge in [0.1, 0.15) is 0 Å². The van der Waals surface area contributed by atoms with Crippen molar-refractivity contribution in [2.24, 2.45) is 11.7 Å². The van der Waals surface area contributed by atoms with E-state index in [2.05, 4.69) is 5.32 Å². The third kappa shape index (κ3) is 4.84. The highest BCUT2D eigenvalue weighted by atomic mass is 19.4. The molecule has 5 heteroatoms. The summed E-state index contributed by atoms with van der Waals surface area (Å²) >= 11 is 0. The van der Waals surface area contributed by atoms with Crippen molar-refractivity contribution in [2.45, 2.75) is 50.9 Å². The summed E-state index contributed by atoms with van der Waals surface area (Å²) < 4.78 is 35.8. The maximum Gasteiger partial charge on any atom is 0.401 e.